The second-order valence-electron chi connectivity index (χ2n) is 5.40. The number of benzene rings is 1. The fourth-order valence-electron chi connectivity index (χ4n) is 2.15. The fraction of sp³-hybridized carbons (Fsp3) is 0.312. The van der Waals surface area contributed by atoms with E-state index in [1.807, 2.05) is 19.9 Å². The number of carbonyl (C=O) groups is 2. The maximum Gasteiger partial charge on any atom is 0.326 e. The Labute approximate surface area is 123 Å². The maximum atomic E-state index is 12.2. The molecule has 1 aromatic heterocycles. The number of nitrogens with one attached hydrogen (secondary N) is 1. The van der Waals surface area contributed by atoms with Crippen LogP contribution in [0.1, 0.15) is 30.6 Å². The number of amides is 1. The van der Waals surface area contributed by atoms with Crippen molar-refractivity contribution >= 4 is 22.8 Å². The van der Waals surface area contributed by atoms with Crippen LogP contribution < -0.4 is 5.32 Å². The van der Waals surface area contributed by atoms with Gasteiger partial charge in [0.05, 0.1) is 5.52 Å². The van der Waals surface area contributed by atoms with Crippen LogP contribution in [0.3, 0.4) is 0 Å². The summed E-state index contributed by atoms with van der Waals surface area (Å²) in [5, 5.41) is 12.6. The van der Waals surface area contributed by atoms with Gasteiger partial charge in [0, 0.05) is 17.1 Å². The summed E-state index contributed by atoms with van der Waals surface area (Å²) in [6, 6.07) is 7.90. The molecule has 0 aliphatic heterocycles. The maximum absolute atomic E-state index is 12.2. The summed E-state index contributed by atoms with van der Waals surface area (Å²) < 4.78 is 0. The van der Waals surface area contributed by atoms with Gasteiger partial charge in [-0.2, -0.15) is 0 Å². The molecule has 5 heteroatoms. The summed E-state index contributed by atoms with van der Waals surface area (Å²) in [6.45, 7) is 3.84. The Bertz CT molecular complexity index is 667. The molecule has 0 saturated carbocycles. The molecule has 0 saturated heterocycles. The van der Waals surface area contributed by atoms with Gasteiger partial charge in [0.25, 0.3) is 5.91 Å². The van der Waals surface area contributed by atoms with E-state index in [0.29, 0.717) is 12.0 Å². The first kappa shape index (κ1) is 15.0. The van der Waals surface area contributed by atoms with Crippen LogP contribution in [0.25, 0.3) is 10.9 Å². The molecule has 0 fully saturated rings. The van der Waals surface area contributed by atoms with Crippen LogP contribution in [0.2, 0.25) is 0 Å². The summed E-state index contributed by atoms with van der Waals surface area (Å²) >= 11 is 0. The number of aliphatic carboxylic acids is 1. The van der Waals surface area contributed by atoms with Crippen LogP contribution >= 0.6 is 0 Å². The van der Waals surface area contributed by atoms with Gasteiger partial charge in [0.2, 0.25) is 0 Å². The van der Waals surface area contributed by atoms with E-state index in [2.05, 4.69) is 10.3 Å². The predicted octanol–water partition coefficient (Wildman–Crippen LogP) is 2.46. The summed E-state index contributed by atoms with van der Waals surface area (Å²) in [5.74, 6) is -1.21. The average Bonchev–Trinajstić information content (AvgIpc) is 2.45. The number of hydrogen-bond acceptors (Lipinski definition) is 3. The molecule has 21 heavy (non-hydrogen) atoms. The highest BCUT2D eigenvalue weighted by molar-refractivity contribution is 5.99. The Hall–Kier alpha value is -2.43. The molecule has 0 spiro atoms. The minimum atomic E-state index is -1.01. The lowest BCUT2D eigenvalue weighted by atomic mass is 10.0. The Morgan fingerprint density at radius 2 is 2.05 bits per heavy atom. The molecule has 2 N–H and O–H groups in total. The lowest BCUT2D eigenvalue weighted by Gasteiger charge is -2.16. The first-order valence-corrected chi connectivity index (χ1v) is 6.86. The molecule has 0 aliphatic rings. The van der Waals surface area contributed by atoms with Crippen molar-refractivity contribution in [3.8, 4) is 0 Å². The third-order valence-electron chi connectivity index (χ3n) is 3.18. The number of hydrogen-bond donors (Lipinski definition) is 2. The van der Waals surface area contributed by atoms with Crippen molar-refractivity contribution in [2.24, 2.45) is 5.92 Å². The van der Waals surface area contributed by atoms with E-state index >= 15 is 0 Å². The number of carboxylic acids is 1. The van der Waals surface area contributed by atoms with Crippen LogP contribution in [0, 0.1) is 5.92 Å². The Morgan fingerprint density at radius 3 is 2.71 bits per heavy atom. The zero-order chi connectivity index (χ0) is 15.4. The van der Waals surface area contributed by atoms with Gasteiger partial charge >= 0.3 is 5.97 Å². The molecule has 1 heterocycles. The first-order valence-electron chi connectivity index (χ1n) is 6.86. The summed E-state index contributed by atoms with van der Waals surface area (Å²) in [5.41, 5.74) is 1.23. The van der Waals surface area contributed by atoms with Crippen molar-refractivity contribution in [2.45, 2.75) is 26.3 Å². The van der Waals surface area contributed by atoms with E-state index in [1.165, 1.54) is 0 Å². The molecule has 1 aromatic carbocycles. The second kappa shape index (κ2) is 6.35. The van der Waals surface area contributed by atoms with Gasteiger partial charge in [0.1, 0.15) is 6.04 Å². The summed E-state index contributed by atoms with van der Waals surface area (Å²) in [4.78, 5) is 27.6. The quantitative estimate of drug-likeness (QED) is 0.885. The van der Waals surface area contributed by atoms with Crippen molar-refractivity contribution in [1.82, 2.24) is 10.3 Å². The van der Waals surface area contributed by atoms with E-state index in [4.69, 9.17) is 5.11 Å². The van der Waals surface area contributed by atoms with Crippen molar-refractivity contribution < 1.29 is 14.7 Å². The molecule has 0 aliphatic carbocycles. The normalized spacial score (nSPS) is 12.3. The van der Waals surface area contributed by atoms with E-state index < -0.39 is 12.0 Å². The van der Waals surface area contributed by atoms with Gasteiger partial charge in [-0.25, -0.2) is 4.79 Å². The molecule has 1 amide bonds. The molecule has 0 radical (unpaired) electrons. The zero-order valence-corrected chi connectivity index (χ0v) is 12.0. The SMILES string of the molecule is CC(C)CC(NC(=O)c1ccc2ncccc2c1)C(=O)O. The minimum Gasteiger partial charge on any atom is -0.480 e. The van der Waals surface area contributed by atoms with Crippen LogP contribution in [0.4, 0.5) is 0 Å². The van der Waals surface area contributed by atoms with Gasteiger partial charge in [-0.1, -0.05) is 19.9 Å². The van der Waals surface area contributed by atoms with Crippen LogP contribution in [-0.2, 0) is 4.79 Å². The average molecular weight is 286 g/mol. The number of rotatable bonds is 5. The van der Waals surface area contributed by atoms with Crippen molar-refractivity contribution in [1.29, 1.82) is 0 Å². The molecule has 0 bridgehead atoms. The fourth-order valence-corrected chi connectivity index (χ4v) is 2.15. The molecular weight excluding hydrogens is 268 g/mol. The van der Waals surface area contributed by atoms with Crippen LogP contribution in [0.15, 0.2) is 36.5 Å². The van der Waals surface area contributed by atoms with Gasteiger partial charge in [0.15, 0.2) is 0 Å². The van der Waals surface area contributed by atoms with Gasteiger partial charge in [-0.3, -0.25) is 9.78 Å². The molecule has 5 nitrogen and oxygen atoms in total. The minimum absolute atomic E-state index is 0.187. The van der Waals surface area contributed by atoms with Crippen molar-refractivity contribution in [3.05, 3.63) is 42.1 Å². The van der Waals surface area contributed by atoms with Crippen LogP contribution in [-0.4, -0.2) is 28.0 Å². The number of pyridine rings is 1. The number of carboxylic acid groups (broad SMARTS) is 1. The summed E-state index contributed by atoms with van der Waals surface area (Å²) in [7, 11) is 0. The monoisotopic (exact) mass is 286 g/mol. The third kappa shape index (κ3) is 3.78. The van der Waals surface area contributed by atoms with E-state index in [-0.39, 0.29) is 11.8 Å². The molecule has 110 valence electrons. The predicted molar refractivity (Wildman–Crippen MR) is 80.1 cm³/mol. The highest BCUT2D eigenvalue weighted by atomic mass is 16.4. The molecule has 1 atom stereocenters. The van der Waals surface area contributed by atoms with Crippen LogP contribution in [0.5, 0.6) is 0 Å². The Morgan fingerprint density at radius 1 is 1.29 bits per heavy atom. The summed E-state index contributed by atoms with van der Waals surface area (Å²) in [6.07, 6.45) is 2.08. The standard InChI is InChI=1S/C16H18N2O3/c1-10(2)8-14(16(20)21)18-15(19)12-5-6-13-11(9-12)4-3-7-17-13/h3-7,9-10,14H,8H2,1-2H3,(H,18,19)(H,20,21). The van der Waals surface area contributed by atoms with E-state index in [9.17, 15) is 9.59 Å². The molecular formula is C16H18N2O3. The van der Waals surface area contributed by atoms with Crippen molar-refractivity contribution in [3.63, 3.8) is 0 Å². The highest BCUT2D eigenvalue weighted by Crippen LogP contribution is 2.14. The Balaban J connectivity index is 2.19. The number of nitrogens with zero attached hydrogens (tertiary/aromatic N) is 1. The molecule has 1 unspecified atom stereocenters. The highest BCUT2D eigenvalue weighted by Gasteiger charge is 2.21. The van der Waals surface area contributed by atoms with Gasteiger partial charge in [-0.05, 0) is 36.6 Å². The van der Waals surface area contributed by atoms with E-state index in [1.54, 1.807) is 30.5 Å². The molecule has 2 rings (SSSR count). The number of carbonyl (C=O) groups excluding carboxylic acids is 1. The largest absolute Gasteiger partial charge is 0.480 e. The van der Waals surface area contributed by atoms with Crippen molar-refractivity contribution in [2.75, 3.05) is 0 Å². The number of aromatic nitrogens is 1. The lowest BCUT2D eigenvalue weighted by molar-refractivity contribution is -0.139. The second-order valence-corrected chi connectivity index (χ2v) is 5.40. The molecule has 2 aromatic rings. The van der Waals surface area contributed by atoms with Gasteiger partial charge in [-0.15, -0.1) is 0 Å². The third-order valence-corrected chi connectivity index (χ3v) is 3.18. The Kier molecular flexibility index (Phi) is 4.52. The zero-order valence-electron chi connectivity index (χ0n) is 12.0. The van der Waals surface area contributed by atoms with Gasteiger partial charge < -0.3 is 10.4 Å². The smallest absolute Gasteiger partial charge is 0.326 e. The van der Waals surface area contributed by atoms with E-state index in [0.717, 1.165) is 10.9 Å². The topological polar surface area (TPSA) is 79.3 Å². The first-order chi connectivity index (χ1) is 9.97. The number of fused-ring (bicyclic) bond motifs is 1. The lowest BCUT2D eigenvalue weighted by Crippen LogP contribution is -2.41.